The van der Waals surface area contributed by atoms with E-state index < -0.39 is 0 Å². The summed E-state index contributed by atoms with van der Waals surface area (Å²) in [6.07, 6.45) is 2.96. The first kappa shape index (κ1) is 16.0. The Bertz CT molecular complexity index is 511. The first-order chi connectivity index (χ1) is 10.1. The number of hydrogen-bond donors (Lipinski definition) is 1. The molecule has 1 saturated heterocycles. The van der Waals surface area contributed by atoms with Gasteiger partial charge in [-0.3, -0.25) is 9.59 Å². The predicted octanol–water partition coefficient (Wildman–Crippen LogP) is 3.43. The van der Waals surface area contributed by atoms with Gasteiger partial charge >= 0.3 is 0 Å². The maximum absolute atomic E-state index is 12.3. The Kier molecular flexibility index (Phi) is 5.79. The highest BCUT2D eigenvalue weighted by molar-refractivity contribution is 9.10. The Balaban J connectivity index is 1.86. The van der Waals surface area contributed by atoms with Gasteiger partial charge in [0.25, 0.3) is 0 Å². The number of carbonyl (C=O) groups excluding carboxylic acids is 2. The molecule has 1 aromatic rings. The summed E-state index contributed by atoms with van der Waals surface area (Å²) < 4.78 is 0.883. The molecule has 4 nitrogen and oxygen atoms in total. The van der Waals surface area contributed by atoms with E-state index in [1.165, 1.54) is 0 Å². The van der Waals surface area contributed by atoms with Crippen LogP contribution in [0, 0.1) is 5.92 Å². The van der Waals surface area contributed by atoms with Crippen LogP contribution in [0.3, 0.4) is 0 Å². The van der Waals surface area contributed by atoms with Crippen LogP contribution in [0.15, 0.2) is 28.7 Å². The molecule has 0 radical (unpaired) electrons. The van der Waals surface area contributed by atoms with Crippen molar-refractivity contribution in [1.82, 2.24) is 4.90 Å². The normalized spacial score (nSPS) is 15.8. The van der Waals surface area contributed by atoms with Gasteiger partial charge in [0.1, 0.15) is 0 Å². The second-order valence-electron chi connectivity index (χ2n) is 5.37. The van der Waals surface area contributed by atoms with Crippen molar-refractivity contribution in [3.8, 4) is 0 Å². The molecule has 1 heterocycles. The van der Waals surface area contributed by atoms with Crippen molar-refractivity contribution in [3.63, 3.8) is 0 Å². The Labute approximate surface area is 134 Å². The number of nitrogens with one attached hydrogen (secondary N) is 1. The lowest BCUT2D eigenvalue weighted by molar-refractivity contribution is -0.134. The van der Waals surface area contributed by atoms with Crippen molar-refractivity contribution >= 4 is 33.4 Å². The molecule has 1 aliphatic heterocycles. The van der Waals surface area contributed by atoms with Crippen LogP contribution in [-0.2, 0) is 9.59 Å². The van der Waals surface area contributed by atoms with Gasteiger partial charge in [-0.25, -0.2) is 0 Å². The third-order valence-corrected chi connectivity index (χ3v) is 4.51. The lowest BCUT2D eigenvalue weighted by atomic mass is 9.95. The molecule has 0 saturated carbocycles. The molecule has 21 heavy (non-hydrogen) atoms. The number of halogens is 1. The third-order valence-electron chi connectivity index (χ3n) is 3.81. The topological polar surface area (TPSA) is 49.4 Å². The molecule has 1 aliphatic rings. The van der Waals surface area contributed by atoms with Crippen LogP contribution < -0.4 is 5.32 Å². The fourth-order valence-corrected chi connectivity index (χ4v) is 2.94. The van der Waals surface area contributed by atoms with E-state index in [1.54, 1.807) is 0 Å². The third kappa shape index (κ3) is 4.30. The standard InChI is InChI=1S/C16H21BrN2O2/c1-2-5-15(20)19-10-8-12(9-11-19)16(21)18-14-7-4-3-6-13(14)17/h3-4,6-7,12H,2,5,8-11H2,1H3,(H,18,21). The quantitative estimate of drug-likeness (QED) is 0.902. The Hall–Kier alpha value is -1.36. The molecule has 0 aromatic heterocycles. The molecule has 1 N–H and O–H groups in total. The van der Waals surface area contributed by atoms with Crippen LogP contribution in [0.5, 0.6) is 0 Å². The molecule has 0 atom stereocenters. The average Bonchev–Trinajstić information content (AvgIpc) is 2.50. The number of hydrogen-bond acceptors (Lipinski definition) is 2. The van der Waals surface area contributed by atoms with Gasteiger partial charge in [0.05, 0.1) is 5.69 Å². The molecular formula is C16H21BrN2O2. The molecule has 2 amide bonds. The zero-order valence-corrected chi connectivity index (χ0v) is 13.9. The van der Waals surface area contributed by atoms with Gasteiger partial charge in [-0.2, -0.15) is 0 Å². The number of anilines is 1. The molecule has 0 unspecified atom stereocenters. The molecule has 2 rings (SSSR count). The molecule has 0 bridgehead atoms. The highest BCUT2D eigenvalue weighted by atomic mass is 79.9. The van der Waals surface area contributed by atoms with E-state index in [9.17, 15) is 9.59 Å². The monoisotopic (exact) mass is 352 g/mol. The molecular weight excluding hydrogens is 332 g/mol. The molecule has 1 aromatic carbocycles. The maximum atomic E-state index is 12.3. The lowest BCUT2D eigenvalue weighted by Crippen LogP contribution is -2.41. The average molecular weight is 353 g/mol. The fourth-order valence-electron chi connectivity index (χ4n) is 2.56. The minimum atomic E-state index is -0.0113. The van der Waals surface area contributed by atoms with Crippen LogP contribution in [0.2, 0.25) is 0 Å². The Morgan fingerprint density at radius 1 is 1.29 bits per heavy atom. The summed E-state index contributed by atoms with van der Waals surface area (Å²) in [4.78, 5) is 26.0. The van der Waals surface area contributed by atoms with Crippen LogP contribution in [0.1, 0.15) is 32.6 Å². The van der Waals surface area contributed by atoms with Crippen LogP contribution in [0.25, 0.3) is 0 Å². The Morgan fingerprint density at radius 3 is 2.57 bits per heavy atom. The van der Waals surface area contributed by atoms with Gasteiger partial charge < -0.3 is 10.2 Å². The van der Waals surface area contributed by atoms with E-state index in [1.807, 2.05) is 36.1 Å². The number of piperidine rings is 1. The van der Waals surface area contributed by atoms with Gasteiger partial charge in [0.2, 0.25) is 11.8 Å². The minimum Gasteiger partial charge on any atom is -0.343 e. The van der Waals surface area contributed by atoms with Crippen molar-refractivity contribution in [2.45, 2.75) is 32.6 Å². The number of para-hydroxylation sites is 1. The number of amides is 2. The highest BCUT2D eigenvalue weighted by Gasteiger charge is 2.27. The molecule has 0 aliphatic carbocycles. The fraction of sp³-hybridized carbons (Fsp3) is 0.500. The SMILES string of the molecule is CCCC(=O)N1CCC(C(=O)Nc2ccccc2Br)CC1. The summed E-state index contributed by atoms with van der Waals surface area (Å²) in [6.45, 7) is 3.38. The molecule has 0 spiro atoms. The van der Waals surface area contributed by atoms with Gasteiger partial charge in [-0.05, 0) is 47.3 Å². The molecule has 1 fully saturated rings. The van der Waals surface area contributed by atoms with Gasteiger partial charge in [-0.1, -0.05) is 19.1 Å². The summed E-state index contributed by atoms with van der Waals surface area (Å²) in [7, 11) is 0. The smallest absolute Gasteiger partial charge is 0.227 e. The highest BCUT2D eigenvalue weighted by Crippen LogP contribution is 2.24. The summed E-state index contributed by atoms with van der Waals surface area (Å²) in [5, 5.41) is 2.96. The first-order valence-electron chi connectivity index (χ1n) is 7.45. The van der Waals surface area contributed by atoms with Gasteiger partial charge in [0.15, 0.2) is 0 Å². The second-order valence-corrected chi connectivity index (χ2v) is 6.23. The maximum Gasteiger partial charge on any atom is 0.227 e. The van der Waals surface area contributed by atoms with Crippen LogP contribution in [-0.4, -0.2) is 29.8 Å². The van der Waals surface area contributed by atoms with E-state index in [-0.39, 0.29) is 17.7 Å². The van der Waals surface area contributed by atoms with E-state index in [0.29, 0.717) is 19.5 Å². The van der Waals surface area contributed by atoms with E-state index in [4.69, 9.17) is 0 Å². The summed E-state index contributed by atoms with van der Waals surface area (Å²) in [6, 6.07) is 7.59. The minimum absolute atomic E-state index is 0.0113. The summed E-state index contributed by atoms with van der Waals surface area (Å²) in [5.41, 5.74) is 0.798. The lowest BCUT2D eigenvalue weighted by Gasteiger charge is -2.31. The number of nitrogens with zero attached hydrogens (tertiary/aromatic N) is 1. The predicted molar refractivity (Wildman–Crippen MR) is 87.0 cm³/mol. The summed E-state index contributed by atoms with van der Waals surface area (Å²) in [5.74, 6) is 0.245. The van der Waals surface area contributed by atoms with E-state index in [0.717, 1.165) is 29.4 Å². The van der Waals surface area contributed by atoms with Crippen molar-refractivity contribution in [1.29, 1.82) is 0 Å². The largest absolute Gasteiger partial charge is 0.343 e. The van der Waals surface area contributed by atoms with E-state index in [2.05, 4.69) is 21.2 Å². The van der Waals surface area contributed by atoms with Gasteiger partial charge in [0, 0.05) is 29.9 Å². The van der Waals surface area contributed by atoms with E-state index >= 15 is 0 Å². The first-order valence-corrected chi connectivity index (χ1v) is 8.24. The van der Waals surface area contributed by atoms with Crippen LogP contribution in [0.4, 0.5) is 5.69 Å². The van der Waals surface area contributed by atoms with Crippen molar-refractivity contribution in [2.75, 3.05) is 18.4 Å². The number of rotatable bonds is 4. The van der Waals surface area contributed by atoms with Gasteiger partial charge in [-0.15, -0.1) is 0 Å². The zero-order valence-electron chi connectivity index (χ0n) is 12.3. The Morgan fingerprint density at radius 2 is 1.95 bits per heavy atom. The number of likely N-dealkylation sites (tertiary alicyclic amines) is 1. The molecule has 114 valence electrons. The summed E-state index contributed by atoms with van der Waals surface area (Å²) >= 11 is 3.43. The zero-order chi connectivity index (χ0) is 15.2. The number of carbonyl (C=O) groups is 2. The van der Waals surface area contributed by atoms with Crippen molar-refractivity contribution < 1.29 is 9.59 Å². The second kappa shape index (κ2) is 7.59. The number of benzene rings is 1. The molecule has 5 heteroatoms. The van der Waals surface area contributed by atoms with Crippen molar-refractivity contribution in [3.05, 3.63) is 28.7 Å². The van der Waals surface area contributed by atoms with Crippen LogP contribution >= 0.6 is 15.9 Å². The van der Waals surface area contributed by atoms with Crippen molar-refractivity contribution in [2.24, 2.45) is 5.92 Å².